The first-order valence-electron chi connectivity index (χ1n) is 6.05. The van der Waals surface area contributed by atoms with E-state index in [0.717, 1.165) is 4.47 Å². The summed E-state index contributed by atoms with van der Waals surface area (Å²) >= 11 is 3.21. The molecule has 0 bridgehead atoms. The number of benzene rings is 2. The topological polar surface area (TPSA) is 12.0 Å². The summed E-state index contributed by atoms with van der Waals surface area (Å²) in [5.41, 5.74) is 1.28. The summed E-state index contributed by atoms with van der Waals surface area (Å²) in [6, 6.07) is 11.7. The van der Waals surface area contributed by atoms with Crippen LogP contribution in [0.3, 0.4) is 0 Å². The van der Waals surface area contributed by atoms with Gasteiger partial charge < -0.3 is 5.32 Å². The van der Waals surface area contributed by atoms with Crippen molar-refractivity contribution in [3.63, 3.8) is 0 Å². The van der Waals surface area contributed by atoms with Crippen molar-refractivity contribution in [2.75, 3.05) is 6.54 Å². The molecule has 100 valence electrons. The van der Waals surface area contributed by atoms with Crippen LogP contribution in [0.5, 0.6) is 0 Å². The van der Waals surface area contributed by atoms with Gasteiger partial charge >= 0.3 is 0 Å². The van der Waals surface area contributed by atoms with E-state index in [1.165, 1.54) is 12.1 Å². The zero-order valence-electron chi connectivity index (χ0n) is 10.3. The lowest BCUT2D eigenvalue weighted by Crippen LogP contribution is -2.17. The summed E-state index contributed by atoms with van der Waals surface area (Å²) in [6.45, 7) is 1.05. The molecule has 0 aliphatic rings. The molecule has 0 unspecified atom stereocenters. The molecule has 19 heavy (non-hydrogen) atoms. The van der Waals surface area contributed by atoms with Crippen molar-refractivity contribution < 1.29 is 8.78 Å². The van der Waals surface area contributed by atoms with E-state index in [-0.39, 0.29) is 11.6 Å². The van der Waals surface area contributed by atoms with Crippen LogP contribution in [0.15, 0.2) is 46.9 Å². The Kier molecular flexibility index (Phi) is 5.05. The number of nitrogens with one attached hydrogen (secondary N) is 1. The third kappa shape index (κ3) is 4.11. The fourth-order valence-electron chi connectivity index (χ4n) is 1.81. The highest BCUT2D eigenvalue weighted by atomic mass is 79.9. The second-order valence-electron chi connectivity index (χ2n) is 4.25. The maximum atomic E-state index is 13.5. The highest BCUT2D eigenvalue weighted by Crippen LogP contribution is 2.15. The van der Waals surface area contributed by atoms with Crippen molar-refractivity contribution in [3.8, 4) is 0 Å². The molecule has 0 saturated heterocycles. The van der Waals surface area contributed by atoms with Gasteiger partial charge in [-0.05, 0) is 36.7 Å². The Morgan fingerprint density at radius 1 is 0.947 bits per heavy atom. The van der Waals surface area contributed by atoms with Gasteiger partial charge in [0.1, 0.15) is 11.6 Å². The smallest absolute Gasteiger partial charge is 0.128 e. The summed E-state index contributed by atoms with van der Waals surface area (Å²) in [6.07, 6.45) is 0.588. The Morgan fingerprint density at radius 3 is 2.47 bits per heavy atom. The molecule has 0 amide bonds. The molecule has 0 aliphatic carbocycles. The molecule has 0 saturated carbocycles. The first-order chi connectivity index (χ1) is 9.16. The molecule has 4 heteroatoms. The molecule has 0 heterocycles. The Morgan fingerprint density at radius 2 is 1.74 bits per heavy atom. The Balaban J connectivity index is 1.83. The van der Waals surface area contributed by atoms with Crippen LogP contribution in [-0.2, 0) is 13.0 Å². The number of halogens is 3. The summed E-state index contributed by atoms with van der Waals surface area (Å²) in [5, 5.41) is 3.12. The van der Waals surface area contributed by atoms with E-state index in [2.05, 4.69) is 21.2 Å². The van der Waals surface area contributed by atoms with Gasteiger partial charge in [-0.3, -0.25) is 0 Å². The number of hydrogen-bond acceptors (Lipinski definition) is 1. The van der Waals surface area contributed by atoms with Crippen molar-refractivity contribution in [1.29, 1.82) is 0 Å². The first kappa shape index (κ1) is 14.2. The van der Waals surface area contributed by atoms with Crippen LogP contribution in [0.25, 0.3) is 0 Å². The summed E-state index contributed by atoms with van der Waals surface area (Å²) < 4.78 is 27.6. The third-order valence-electron chi connectivity index (χ3n) is 2.86. The minimum Gasteiger partial charge on any atom is -0.312 e. The fraction of sp³-hybridized carbons (Fsp3) is 0.200. The maximum absolute atomic E-state index is 13.5. The lowest BCUT2D eigenvalue weighted by atomic mass is 10.1. The normalized spacial score (nSPS) is 10.7. The predicted molar refractivity (Wildman–Crippen MR) is 75.9 cm³/mol. The largest absolute Gasteiger partial charge is 0.312 e. The Hall–Kier alpha value is -1.26. The van der Waals surface area contributed by atoms with Crippen molar-refractivity contribution in [3.05, 3.63) is 69.7 Å². The molecule has 1 N–H and O–H groups in total. The molecule has 0 atom stereocenters. The van der Waals surface area contributed by atoms with Crippen LogP contribution in [0.2, 0.25) is 0 Å². The summed E-state index contributed by atoms with van der Waals surface area (Å²) in [7, 11) is 0. The number of rotatable bonds is 5. The SMILES string of the molecule is Fc1ccccc1CCNCc1ccc(Br)cc1F. The molecular formula is C15H14BrF2N. The molecule has 0 spiro atoms. The van der Waals surface area contributed by atoms with E-state index in [1.54, 1.807) is 24.3 Å². The second kappa shape index (κ2) is 6.78. The van der Waals surface area contributed by atoms with Gasteiger partial charge in [0, 0.05) is 16.6 Å². The molecule has 0 radical (unpaired) electrons. The van der Waals surface area contributed by atoms with Gasteiger partial charge in [0.2, 0.25) is 0 Å². The summed E-state index contributed by atoms with van der Waals surface area (Å²) in [5.74, 6) is -0.438. The predicted octanol–water partition coefficient (Wildman–Crippen LogP) is 4.06. The maximum Gasteiger partial charge on any atom is 0.128 e. The number of hydrogen-bond donors (Lipinski definition) is 1. The average molecular weight is 326 g/mol. The van der Waals surface area contributed by atoms with Crippen molar-refractivity contribution in [2.24, 2.45) is 0 Å². The lowest BCUT2D eigenvalue weighted by Gasteiger charge is -2.07. The molecule has 1 nitrogen and oxygen atoms in total. The summed E-state index contributed by atoms with van der Waals surface area (Å²) in [4.78, 5) is 0. The molecule has 0 aliphatic heterocycles. The van der Waals surface area contributed by atoms with Crippen LogP contribution in [0.1, 0.15) is 11.1 Å². The van der Waals surface area contributed by atoms with Gasteiger partial charge in [-0.15, -0.1) is 0 Å². The quantitative estimate of drug-likeness (QED) is 0.817. The lowest BCUT2D eigenvalue weighted by molar-refractivity contribution is 0.578. The van der Waals surface area contributed by atoms with Crippen molar-refractivity contribution in [1.82, 2.24) is 5.32 Å². The minimum atomic E-state index is -0.243. The molecule has 0 aromatic heterocycles. The van der Waals surface area contributed by atoms with E-state index < -0.39 is 0 Å². The Bertz CT molecular complexity index is 558. The zero-order chi connectivity index (χ0) is 13.7. The Labute approximate surface area is 119 Å². The van der Waals surface area contributed by atoms with E-state index >= 15 is 0 Å². The average Bonchev–Trinajstić information content (AvgIpc) is 2.38. The van der Waals surface area contributed by atoms with E-state index in [4.69, 9.17) is 0 Å². The van der Waals surface area contributed by atoms with Gasteiger partial charge in [0.05, 0.1) is 0 Å². The first-order valence-corrected chi connectivity index (χ1v) is 6.84. The van der Waals surface area contributed by atoms with Gasteiger partial charge in [0.25, 0.3) is 0 Å². The highest BCUT2D eigenvalue weighted by Gasteiger charge is 2.03. The molecule has 2 aromatic rings. The van der Waals surface area contributed by atoms with Crippen molar-refractivity contribution in [2.45, 2.75) is 13.0 Å². The van der Waals surface area contributed by atoms with Crippen molar-refractivity contribution >= 4 is 15.9 Å². The zero-order valence-corrected chi connectivity index (χ0v) is 11.9. The van der Waals surface area contributed by atoms with E-state index in [0.29, 0.717) is 30.6 Å². The van der Waals surface area contributed by atoms with Gasteiger partial charge in [-0.1, -0.05) is 40.2 Å². The molecule has 2 aromatic carbocycles. The fourth-order valence-corrected chi connectivity index (χ4v) is 2.15. The van der Waals surface area contributed by atoms with Crippen LogP contribution >= 0.6 is 15.9 Å². The third-order valence-corrected chi connectivity index (χ3v) is 3.35. The minimum absolute atomic E-state index is 0.195. The highest BCUT2D eigenvalue weighted by molar-refractivity contribution is 9.10. The van der Waals surface area contributed by atoms with Crippen LogP contribution in [-0.4, -0.2) is 6.54 Å². The van der Waals surface area contributed by atoms with Gasteiger partial charge in [-0.25, -0.2) is 8.78 Å². The van der Waals surface area contributed by atoms with Crippen LogP contribution < -0.4 is 5.32 Å². The second-order valence-corrected chi connectivity index (χ2v) is 5.17. The standard InChI is InChI=1S/C15H14BrF2N/c16-13-6-5-12(15(18)9-13)10-19-8-7-11-3-1-2-4-14(11)17/h1-6,9,19H,7-8,10H2. The molecular weight excluding hydrogens is 312 g/mol. The van der Waals surface area contributed by atoms with Crippen LogP contribution in [0, 0.1) is 11.6 Å². The molecule has 0 fully saturated rings. The molecule has 2 rings (SSSR count). The van der Waals surface area contributed by atoms with E-state index in [9.17, 15) is 8.78 Å². The van der Waals surface area contributed by atoms with Gasteiger partial charge in [-0.2, -0.15) is 0 Å². The monoisotopic (exact) mass is 325 g/mol. The van der Waals surface area contributed by atoms with Crippen LogP contribution in [0.4, 0.5) is 8.78 Å². The van der Waals surface area contributed by atoms with Gasteiger partial charge in [0.15, 0.2) is 0 Å². The van der Waals surface area contributed by atoms with E-state index in [1.807, 2.05) is 6.07 Å².